The molecular weight excluding hydrogens is 284 g/mol. The highest BCUT2D eigenvalue weighted by Crippen LogP contribution is 2.24. The zero-order chi connectivity index (χ0) is 16.4. The van der Waals surface area contributed by atoms with E-state index in [1.165, 1.54) is 6.92 Å². The summed E-state index contributed by atoms with van der Waals surface area (Å²) in [5.41, 5.74) is 2.55. The summed E-state index contributed by atoms with van der Waals surface area (Å²) in [6, 6.07) is 0. The van der Waals surface area contributed by atoms with Crippen LogP contribution in [0.5, 0.6) is 0 Å². The summed E-state index contributed by atoms with van der Waals surface area (Å²) in [5.74, 6) is -1.35. The predicted octanol–water partition coefficient (Wildman–Crippen LogP) is 2.02. The van der Waals surface area contributed by atoms with E-state index >= 15 is 0 Å². The molecule has 6 heteroatoms. The molecule has 1 amide bonds. The van der Waals surface area contributed by atoms with Crippen molar-refractivity contribution in [3.63, 3.8) is 0 Å². The van der Waals surface area contributed by atoms with Crippen molar-refractivity contribution in [2.45, 2.75) is 40.0 Å². The number of piperidine rings is 1. The number of hydrogen-bond acceptors (Lipinski definition) is 3. The van der Waals surface area contributed by atoms with Crippen LogP contribution < -0.4 is 0 Å². The standard InChI is InChI=1S/C16H22N2O4/c1-4-12-13(10(3)19)9(2)17-14(12)15(20)18-7-5-11(6-8-18)16(21)22/h11,17H,4-8H2,1-3H3,(H,21,22). The number of aromatic nitrogens is 1. The normalized spacial score (nSPS) is 15.9. The van der Waals surface area contributed by atoms with Gasteiger partial charge in [0.15, 0.2) is 5.78 Å². The number of carbonyl (C=O) groups excluding carboxylic acids is 2. The third-order valence-corrected chi connectivity index (χ3v) is 4.34. The Morgan fingerprint density at radius 1 is 1.27 bits per heavy atom. The van der Waals surface area contributed by atoms with E-state index in [-0.39, 0.29) is 17.6 Å². The van der Waals surface area contributed by atoms with Crippen LogP contribution in [0.25, 0.3) is 0 Å². The molecule has 0 unspecified atom stereocenters. The Labute approximate surface area is 129 Å². The summed E-state index contributed by atoms with van der Waals surface area (Å²) in [7, 11) is 0. The average Bonchev–Trinajstić information content (AvgIpc) is 2.83. The van der Waals surface area contributed by atoms with E-state index < -0.39 is 5.97 Å². The highest BCUT2D eigenvalue weighted by molar-refractivity contribution is 6.02. The lowest BCUT2D eigenvalue weighted by Crippen LogP contribution is -2.40. The maximum Gasteiger partial charge on any atom is 0.306 e. The molecule has 0 bridgehead atoms. The number of carbonyl (C=O) groups is 3. The van der Waals surface area contributed by atoms with Crippen LogP contribution in [0.1, 0.15) is 58.8 Å². The van der Waals surface area contributed by atoms with Crippen LogP contribution in [0.3, 0.4) is 0 Å². The quantitative estimate of drug-likeness (QED) is 0.833. The van der Waals surface area contributed by atoms with E-state index in [1.807, 2.05) is 6.92 Å². The van der Waals surface area contributed by atoms with Gasteiger partial charge in [0.1, 0.15) is 5.69 Å². The van der Waals surface area contributed by atoms with Gasteiger partial charge in [-0.15, -0.1) is 0 Å². The molecule has 0 saturated carbocycles. The summed E-state index contributed by atoms with van der Waals surface area (Å²) in [6.45, 7) is 6.09. The van der Waals surface area contributed by atoms with Crippen LogP contribution in [-0.2, 0) is 11.2 Å². The number of hydrogen-bond donors (Lipinski definition) is 2. The Balaban J connectivity index is 2.22. The van der Waals surface area contributed by atoms with Gasteiger partial charge in [0, 0.05) is 24.3 Å². The second-order valence-corrected chi connectivity index (χ2v) is 5.79. The third-order valence-electron chi connectivity index (χ3n) is 4.34. The maximum atomic E-state index is 12.7. The summed E-state index contributed by atoms with van der Waals surface area (Å²) < 4.78 is 0. The van der Waals surface area contributed by atoms with Crippen LogP contribution in [0.2, 0.25) is 0 Å². The fourth-order valence-corrected chi connectivity index (χ4v) is 3.18. The van der Waals surface area contributed by atoms with Crippen molar-refractivity contribution in [3.8, 4) is 0 Å². The number of rotatable bonds is 4. The lowest BCUT2D eigenvalue weighted by Gasteiger charge is -2.30. The highest BCUT2D eigenvalue weighted by Gasteiger charge is 2.30. The summed E-state index contributed by atoms with van der Waals surface area (Å²) in [6.07, 6.45) is 1.55. The Morgan fingerprint density at radius 2 is 1.86 bits per heavy atom. The molecule has 0 spiro atoms. The Kier molecular flexibility index (Phi) is 4.68. The van der Waals surface area contributed by atoms with Gasteiger partial charge in [0.25, 0.3) is 5.91 Å². The lowest BCUT2D eigenvalue weighted by molar-refractivity contribution is -0.143. The molecule has 120 valence electrons. The maximum absolute atomic E-state index is 12.7. The van der Waals surface area contributed by atoms with E-state index in [9.17, 15) is 14.4 Å². The summed E-state index contributed by atoms with van der Waals surface area (Å²) in [5, 5.41) is 9.02. The Bertz CT molecular complexity index is 610. The number of nitrogens with zero attached hydrogens (tertiary/aromatic N) is 1. The van der Waals surface area contributed by atoms with Gasteiger partial charge in [-0.05, 0) is 38.7 Å². The molecule has 1 saturated heterocycles. The lowest BCUT2D eigenvalue weighted by atomic mass is 9.96. The van der Waals surface area contributed by atoms with E-state index in [4.69, 9.17) is 5.11 Å². The van der Waals surface area contributed by atoms with Crippen LogP contribution in [0, 0.1) is 12.8 Å². The first kappa shape index (κ1) is 16.3. The van der Waals surface area contributed by atoms with E-state index in [1.54, 1.807) is 11.8 Å². The Morgan fingerprint density at radius 3 is 2.32 bits per heavy atom. The second-order valence-electron chi connectivity index (χ2n) is 5.79. The minimum atomic E-state index is -0.795. The number of aryl methyl sites for hydroxylation is 1. The highest BCUT2D eigenvalue weighted by atomic mass is 16.4. The van der Waals surface area contributed by atoms with Crippen LogP contribution in [0.15, 0.2) is 0 Å². The summed E-state index contributed by atoms with van der Waals surface area (Å²) >= 11 is 0. The van der Waals surface area contributed by atoms with Crippen molar-refractivity contribution in [3.05, 3.63) is 22.5 Å². The predicted molar refractivity (Wildman–Crippen MR) is 81.2 cm³/mol. The molecule has 1 fully saturated rings. The number of carboxylic acid groups (broad SMARTS) is 1. The number of ketones is 1. The molecule has 1 aromatic heterocycles. The van der Waals surface area contributed by atoms with Crippen molar-refractivity contribution in [1.29, 1.82) is 0 Å². The molecular formula is C16H22N2O4. The van der Waals surface area contributed by atoms with E-state index in [0.29, 0.717) is 49.3 Å². The smallest absolute Gasteiger partial charge is 0.306 e. The van der Waals surface area contributed by atoms with E-state index in [0.717, 1.165) is 5.56 Å². The molecule has 0 radical (unpaired) electrons. The molecule has 6 nitrogen and oxygen atoms in total. The fourth-order valence-electron chi connectivity index (χ4n) is 3.18. The molecule has 1 aliphatic rings. The van der Waals surface area contributed by atoms with Crippen molar-refractivity contribution in [2.24, 2.45) is 5.92 Å². The van der Waals surface area contributed by atoms with Gasteiger partial charge >= 0.3 is 5.97 Å². The molecule has 1 aromatic rings. The topological polar surface area (TPSA) is 90.5 Å². The van der Waals surface area contributed by atoms with Gasteiger partial charge < -0.3 is 15.0 Å². The number of aromatic amines is 1. The molecule has 2 rings (SSSR count). The first-order valence-corrected chi connectivity index (χ1v) is 7.61. The van der Waals surface area contributed by atoms with Gasteiger partial charge in [-0.1, -0.05) is 6.92 Å². The number of amides is 1. The third kappa shape index (κ3) is 2.91. The number of nitrogens with one attached hydrogen (secondary N) is 1. The van der Waals surface area contributed by atoms with Gasteiger partial charge in [0.05, 0.1) is 5.92 Å². The minimum absolute atomic E-state index is 0.0470. The number of aliphatic carboxylic acids is 1. The minimum Gasteiger partial charge on any atom is -0.481 e. The molecule has 22 heavy (non-hydrogen) atoms. The Hall–Kier alpha value is -2.11. The molecule has 2 heterocycles. The molecule has 1 aliphatic heterocycles. The number of Topliss-reactive ketones (excluding diaryl/α,β-unsaturated/α-hetero) is 1. The SMILES string of the molecule is CCc1c(C(=O)N2CCC(C(=O)O)CC2)[nH]c(C)c1C(C)=O. The molecule has 2 N–H and O–H groups in total. The van der Waals surface area contributed by atoms with Gasteiger partial charge in [-0.3, -0.25) is 14.4 Å². The van der Waals surface area contributed by atoms with Crippen molar-refractivity contribution >= 4 is 17.7 Å². The first-order chi connectivity index (χ1) is 10.4. The van der Waals surface area contributed by atoms with Crippen molar-refractivity contribution in [2.75, 3.05) is 13.1 Å². The average molecular weight is 306 g/mol. The molecule has 0 atom stereocenters. The van der Waals surface area contributed by atoms with Gasteiger partial charge in [-0.2, -0.15) is 0 Å². The monoisotopic (exact) mass is 306 g/mol. The molecule has 0 aromatic carbocycles. The van der Waals surface area contributed by atoms with Crippen molar-refractivity contribution < 1.29 is 19.5 Å². The van der Waals surface area contributed by atoms with Crippen molar-refractivity contribution in [1.82, 2.24) is 9.88 Å². The van der Waals surface area contributed by atoms with Crippen LogP contribution in [-0.4, -0.2) is 45.7 Å². The van der Waals surface area contributed by atoms with Crippen LogP contribution >= 0.6 is 0 Å². The fraction of sp³-hybridized carbons (Fsp3) is 0.562. The number of likely N-dealkylation sites (tertiary alicyclic amines) is 1. The van der Waals surface area contributed by atoms with Gasteiger partial charge in [0.2, 0.25) is 0 Å². The number of carboxylic acids is 1. The van der Waals surface area contributed by atoms with Gasteiger partial charge in [-0.25, -0.2) is 0 Å². The first-order valence-electron chi connectivity index (χ1n) is 7.61. The molecule has 0 aliphatic carbocycles. The zero-order valence-electron chi connectivity index (χ0n) is 13.2. The largest absolute Gasteiger partial charge is 0.481 e. The summed E-state index contributed by atoms with van der Waals surface area (Å²) in [4.78, 5) is 40.1. The zero-order valence-corrected chi connectivity index (χ0v) is 13.2. The van der Waals surface area contributed by atoms with Crippen LogP contribution in [0.4, 0.5) is 0 Å². The van der Waals surface area contributed by atoms with E-state index in [2.05, 4.69) is 4.98 Å². The number of H-pyrrole nitrogens is 1. The second kappa shape index (κ2) is 6.34.